The average molecular weight is 377 g/mol. The molecule has 1 aromatic heterocycles. The lowest BCUT2D eigenvalue weighted by molar-refractivity contribution is 0.245. The van der Waals surface area contributed by atoms with E-state index in [4.69, 9.17) is 14.5 Å². The molecule has 5 nitrogen and oxygen atoms in total. The summed E-state index contributed by atoms with van der Waals surface area (Å²) in [6, 6.07) is 16.6. The number of aryl methyl sites for hydroxylation is 1. The highest BCUT2D eigenvalue weighted by atomic mass is 16.5. The molecule has 0 amide bonds. The number of pyridine rings is 1. The number of ether oxygens (including phenoxy) is 2. The van der Waals surface area contributed by atoms with Crippen molar-refractivity contribution in [2.75, 3.05) is 45.3 Å². The minimum Gasteiger partial charge on any atom is -0.497 e. The quantitative estimate of drug-likeness (QED) is 0.675. The van der Waals surface area contributed by atoms with Crippen LogP contribution in [0.25, 0.3) is 10.9 Å². The fourth-order valence-electron chi connectivity index (χ4n) is 3.88. The molecular formula is C23H27N3O2. The summed E-state index contributed by atoms with van der Waals surface area (Å²) in [6.07, 6.45) is 0. The summed E-state index contributed by atoms with van der Waals surface area (Å²) in [5.41, 5.74) is 3.51. The van der Waals surface area contributed by atoms with Gasteiger partial charge in [-0.3, -0.25) is 4.90 Å². The summed E-state index contributed by atoms with van der Waals surface area (Å²) >= 11 is 0. The van der Waals surface area contributed by atoms with Crippen molar-refractivity contribution in [3.05, 3.63) is 59.7 Å². The molecule has 0 aliphatic carbocycles. The lowest BCUT2D eigenvalue weighted by atomic mass is 10.1. The van der Waals surface area contributed by atoms with Crippen LogP contribution in [0.1, 0.15) is 11.1 Å². The number of hydrogen-bond donors (Lipinski definition) is 0. The lowest BCUT2D eigenvalue weighted by Gasteiger charge is -2.35. The van der Waals surface area contributed by atoms with Crippen LogP contribution in [0.5, 0.6) is 11.5 Å². The van der Waals surface area contributed by atoms with Crippen LogP contribution in [0.2, 0.25) is 0 Å². The molecule has 0 N–H and O–H groups in total. The second kappa shape index (κ2) is 8.07. The second-order valence-electron chi connectivity index (χ2n) is 7.26. The van der Waals surface area contributed by atoms with Crippen molar-refractivity contribution in [1.29, 1.82) is 0 Å². The summed E-state index contributed by atoms with van der Waals surface area (Å²) in [4.78, 5) is 9.74. The van der Waals surface area contributed by atoms with Crippen LogP contribution in [-0.4, -0.2) is 50.3 Å². The molecule has 0 radical (unpaired) electrons. The standard InChI is InChI=1S/C23H27N3O2/c1-17-14-23(24-21-7-5-4-6-20(17)21)26-12-10-25(11-13-26)16-18-15-19(27-2)8-9-22(18)28-3/h4-9,14-15H,10-13,16H2,1-3H3. The first kappa shape index (κ1) is 18.6. The van der Waals surface area contributed by atoms with Crippen LogP contribution in [-0.2, 0) is 6.54 Å². The Morgan fingerprint density at radius 2 is 1.71 bits per heavy atom. The predicted molar refractivity (Wildman–Crippen MR) is 114 cm³/mol. The Balaban J connectivity index is 1.45. The van der Waals surface area contributed by atoms with Gasteiger partial charge < -0.3 is 14.4 Å². The smallest absolute Gasteiger partial charge is 0.129 e. The first-order chi connectivity index (χ1) is 13.7. The Morgan fingerprint density at radius 3 is 2.46 bits per heavy atom. The van der Waals surface area contributed by atoms with Gasteiger partial charge in [0.2, 0.25) is 0 Å². The molecule has 1 saturated heterocycles. The Hall–Kier alpha value is -2.79. The largest absolute Gasteiger partial charge is 0.497 e. The van der Waals surface area contributed by atoms with E-state index in [0.717, 1.165) is 61.1 Å². The van der Waals surface area contributed by atoms with Crippen LogP contribution in [0.4, 0.5) is 5.82 Å². The van der Waals surface area contributed by atoms with Gasteiger partial charge in [-0.15, -0.1) is 0 Å². The molecule has 4 rings (SSSR count). The summed E-state index contributed by atoms with van der Waals surface area (Å²) in [6.45, 7) is 6.95. The van der Waals surface area contributed by atoms with Gasteiger partial charge in [0.1, 0.15) is 17.3 Å². The van der Waals surface area contributed by atoms with E-state index in [2.05, 4.69) is 53.1 Å². The number of anilines is 1. The summed E-state index contributed by atoms with van der Waals surface area (Å²) in [5.74, 6) is 2.86. The number of hydrogen-bond acceptors (Lipinski definition) is 5. The van der Waals surface area contributed by atoms with Gasteiger partial charge in [0.25, 0.3) is 0 Å². The minimum atomic E-state index is 0.860. The summed E-state index contributed by atoms with van der Waals surface area (Å²) < 4.78 is 10.9. The molecular weight excluding hydrogens is 350 g/mol. The predicted octanol–water partition coefficient (Wildman–Crippen LogP) is 3.88. The molecule has 2 heterocycles. The van der Waals surface area contributed by atoms with Crippen LogP contribution in [0.3, 0.4) is 0 Å². The van der Waals surface area contributed by atoms with Crippen LogP contribution >= 0.6 is 0 Å². The molecule has 2 aromatic carbocycles. The molecule has 0 unspecified atom stereocenters. The average Bonchev–Trinajstić information content (AvgIpc) is 2.74. The van der Waals surface area contributed by atoms with Gasteiger partial charge in [-0.1, -0.05) is 18.2 Å². The number of rotatable bonds is 5. The van der Waals surface area contributed by atoms with Crippen molar-refractivity contribution in [3.63, 3.8) is 0 Å². The van der Waals surface area contributed by atoms with Crippen molar-refractivity contribution < 1.29 is 9.47 Å². The Labute approximate surface area is 166 Å². The van der Waals surface area contributed by atoms with Gasteiger partial charge in [0, 0.05) is 43.7 Å². The van der Waals surface area contributed by atoms with Crippen molar-refractivity contribution in [1.82, 2.24) is 9.88 Å². The normalized spacial score (nSPS) is 15.0. The van der Waals surface area contributed by atoms with Crippen molar-refractivity contribution in [2.45, 2.75) is 13.5 Å². The van der Waals surface area contributed by atoms with Gasteiger partial charge in [-0.2, -0.15) is 0 Å². The monoisotopic (exact) mass is 377 g/mol. The van der Waals surface area contributed by atoms with E-state index in [-0.39, 0.29) is 0 Å². The van der Waals surface area contributed by atoms with Gasteiger partial charge >= 0.3 is 0 Å². The van der Waals surface area contributed by atoms with Crippen molar-refractivity contribution in [2.24, 2.45) is 0 Å². The van der Waals surface area contributed by atoms with E-state index in [1.165, 1.54) is 10.9 Å². The summed E-state index contributed by atoms with van der Waals surface area (Å²) in [7, 11) is 3.42. The van der Waals surface area contributed by atoms with E-state index in [0.29, 0.717) is 0 Å². The van der Waals surface area contributed by atoms with E-state index in [1.807, 2.05) is 12.1 Å². The molecule has 0 saturated carbocycles. The molecule has 5 heteroatoms. The van der Waals surface area contributed by atoms with E-state index >= 15 is 0 Å². The highest BCUT2D eigenvalue weighted by Crippen LogP contribution is 2.27. The number of methoxy groups -OCH3 is 2. The maximum absolute atomic E-state index is 5.53. The first-order valence-corrected chi connectivity index (χ1v) is 9.72. The zero-order chi connectivity index (χ0) is 19.5. The Morgan fingerprint density at radius 1 is 0.929 bits per heavy atom. The van der Waals surface area contributed by atoms with Crippen molar-refractivity contribution in [3.8, 4) is 11.5 Å². The third kappa shape index (κ3) is 3.76. The van der Waals surface area contributed by atoms with E-state index in [1.54, 1.807) is 14.2 Å². The highest BCUT2D eigenvalue weighted by molar-refractivity contribution is 5.83. The number of para-hydroxylation sites is 1. The third-order valence-corrected chi connectivity index (χ3v) is 5.49. The molecule has 1 aliphatic heterocycles. The topological polar surface area (TPSA) is 37.8 Å². The van der Waals surface area contributed by atoms with E-state index < -0.39 is 0 Å². The highest BCUT2D eigenvalue weighted by Gasteiger charge is 2.20. The first-order valence-electron chi connectivity index (χ1n) is 9.72. The molecule has 0 atom stereocenters. The fourth-order valence-corrected chi connectivity index (χ4v) is 3.88. The van der Waals surface area contributed by atoms with Crippen LogP contribution in [0, 0.1) is 6.92 Å². The number of aromatic nitrogens is 1. The van der Waals surface area contributed by atoms with Crippen molar-refractivity contribution >= 4 is 16.7 Å². The maximum Gasteiger partial charge on any atom is 0.129 e. The fraction of sp³-hybridized carbons (Fsp3) is 0.348. The Bertz CT molecular complexity index is 965. The number of nitrogens with zero attached hydrogens (tertiary/aromatic N) is 3. The van der Waals surface area contributed by atoms with Crippen LogP contribution in [0.15, 0.2) is 48.5 Å². The minimum absolute atomic E-state index is 0.860. The van der Waals surface area contributed by atoms with Gasteiger partial charge in [-0.25, -0.2) is 4.98 Å². The van der Waals surface area contributed by atoms with E-state index in [9.17, 15) is 0 Å². The Kier molecular flexibility index (Phi) is 5.35. The third-order valence-electron chi connectivity index (χ3n) is 5.49. The lowest BCUT2D eigenvalue weighted by Crippen LogP contribution is -2.46. The van der Waals surface area contributed by atoms with Gasteiger partial charge in [-0.05, 0) is 42.8 Å². The number of piperazine rings is 1. The van der Waals surface area contributed by atoms with Gasteiger partial charge in [0.15, 0.2) is 0 Å². The van der Waals surface area contributed by atoms with Gasteiger partial charge in [0.05, 0.1) is 19.7 Å². The second-order valence-corrected chi connectivity index (χ2v) is 7.26. The zero-order valence-electron chi connectivity index (χ0n) is 16.8. The van der Waals surface area contributed by atoms with Crippen LogP contribution < -0.4 is 14.4 Å². The number of fused-ring (bicyclic) bond motifs is 1. The number of benzene rings is 2. The molecule has 28 heavy (non-hydrogen) atoms. The molecule has 0 bridgehead atoms. The molecule has 1 aliphatic rings. The molecule has 1 fully saturated rings. The maximum atomic E-state index is 5.53. The SMILES string of the molecule is COc1ccc(OC)c(CN2CCN(c3cc(C)c4ccccc4n3)CC2)c1. The molecule has 146 valence electrons. The molecule has 0 spiro atoms. The molecule has 3 aromatic rings. The summed E-state index contributed by atoms with van der Waals surface area (Å²) in [5, 5.41) is 1.23. The zero-order valence-corrected chi connectivity index (χ0v) is 16.8.